The van der Waals surface area contributed by atoms with Gasteiger partial charge in [0.1, 0.15) is 0 Å². The summed E-state index contributed by atoms with van der Waals surface area (Å²) in [7, 11) is 0. The molecule has 3 aromatic rings. The molecular weight excluding hydrogens is 368 g/mol. The monoisotopic (exact) mass is 386 g/mol. The number of carbonyl (C=O) groups excluding carboxylic acids is 3. The SMILES string of the molecule is O=C(N/N=C\c1ccccc1)C(=O)Nc1ccccc1C(=O)Nc1ccccc1. The molecule has 144 valence electrons. The highest BCUT2D eigenvalue weighted by molar-refractivity contribution is 6.40. The van der Waals surface area contributed by atoms with Gasteiger partial charge in [-0.15, -0.1) is 0 Å². The molecule has 0 aliphatic carbocycles. The first-order valence-electron chi connectivity index (χ1n) is 8.78. The predicted molar refractivity (Wildman–Crippen MR) is 112 cm³/mol. The van der Waals surface area contributed by atoms with E-state index in [0.717, 1.165) is 5.56 Å². The van der Waals surface area contributed by atoms with Gasteiger partial charge in [0.05, 0.1) is 17.5 Å². The van der Waals surface area contributed by atoms with Gasteiger partial charge in [0, 0.05) is 5.69 Å². The molecule has 0 aliphatic heterocycles. The molecular formula is C22H18N4O3. The van der Waals surface area contributed by atoms with Crippen molar-refractivity contribution >= 4 is 35.3 Å². The Balaban J connectivity index is 1.63. The number of anilines is 2. The molecule has 3 N–H and O–H groups in total. The van der Waals surface area contributed by atoms with Crippen LogP contribution >= 0.6 is 0 Å². The van der Waals surface area contributed by atoms with E-state index in [0.29, 0.717) is 5.69 Å². The number of para-hydroxylation sites is 2. The van der Waals surface area contributed by atoms with E-state index in [4.69, 9.17) is 0 Å². The molecule has 0 fully saturated rings. The Labute approximate surface area is 167 Å². The summed E-state index contributed by atoms with van der Waals surface area (Å²) in [6.45, 7) is 0. The lowest BCUT2D eigenvalue weighted by atomic mass is 10.1. The average molecular weight is 386 g/mol. The van der Waals surface area contributed by atoms with Crippen LogP contribution in [0.5, 0.6) is 0 Å². The third kappa shape index (κ3) is 5.61. The molecule has 0 aliphatic rings. The number of hydrogen-bond acceptors (Lipinski definition) is 4. The largest absolute Gasteiger partial charge is 0.329 e. The van der Waals surface area contributed by atoms with Crippen molar-refractivity contribution in [2.75, 3.05) is 10.6 Å². The Bertz CT molecular complexity index is 1030. The van der Waals surface area contributed by atoms with Crippen molar-refractivity contribution in [2.45, 2.75) is 0 Å². The van der Waals surface area contributed by atoms with Gasteiger partial charge in [0.2, 0.25) is 0 Å². The summed E-state index contributed by atoms with van der Waals surface area (Å²) in [5, 5.41) is 8.93. The number of carbonyl (C=O) groups is 3. The molecule has 0 saturated heterocycles. The summed E-state index contributed by atoms with van der Waals surface area (Å²) >= 11 is 0. The number of rotatable bonds is 5. The fourth-order valence-corrected chi connectivity index (χ4v) is 2.44. The zero-order chi connectivity index (χ0) is 20.5. The molecule has 0 atom stereocenters. The molecule has 0 heterocycles. The molecule has 3 rings (SSSR count). The van der Waals surface area contributed by atoms with E-state index in [9.17, 15) is 14.4 Å². The Hall–Kier alpha value is -4.26. The third-order valence-electron chi connectivity index (χ3n) is 3.84. The van der Waals surface area contributed by atoms with Crippen LogP contribution in [0.15, 0.2) is 90.0 Å². The maximum atomic E-state index is 12.5. The molecule has 3 aromatic carbocycles. The topological polar surface area (TPSA) is 99.7 Å². The normalized spacial score (nSPS) is 10.3. The summed E-state index contributed by atoms with van der Waals surface area (Å²) in [5.74, 6) is -2.29. The van der Waals surface area contributed by atoms with Crippen LogP contribution in [0.2, 0.25) is 0 Å². The van der Waals surface area contributed by atoms with E-state index < -0.39 is 17.7 Å². The second-order valence-electron chi connectivity index (χ2n) is 5.93. The Morgan fingerprint density at radius 2 is 1.31 bits per heavy atom. The smallest absolute Gasteiger partial charge is 0.322 e. The summed E-state index contributed by atoms with van der Waals surface area (Å²) < 4.78 is 0. The molecule has 0 spiro atoms. The number of hydrogen-bond donors (Lipinski definition) is 3. The van der Waals surface area contributed by atoms with Crippen molar-refractivity contribution in [3.05, 3.63) is 96.1 Å². The highest BCUT2D eigenvalue weighted by atomic mass is 16.2. The van der Waals surface area contributed by atoms with E-state index in [1.165, 1.54) is 6.21 Å². The first-order valence-corrected chi connectivity index (χ1v) is 8.78. The van der Waals surface area contributed by atoms with Crippen LogP contribution in [0.4, 0.5) is 11.4 Å². The van der Waals surface area contributed by atoms with E-state index in [1.807, 2.05) is 24.3 Å². The fourth-order valence-electron chi connectivity index (χ4n) is 2.44. The van der Waals surface area contributed by atoms with Crippen molar-refractivity contribution in [1.82, 2.24) is 5.43 Å². The van der Waals surface area contributed by atoms with Crippen molar-refractivity contribution in [3.8, 4) is 0 Å². The van der Waals surface area contributed by atoms with Gasteiger partial charge in [-0.2, -0.15) is 5.10 Å². The molecule has 7 heteroatoms. The molecule has 0 radical (unpaired) electrons. The fraction of sp³-hybridized carbons (Fsp3) is 0. The molecule has 0 aromatic heterocycles. The first-order chi connectivity index (χ1) is 14.1. The minimum absolute atomic E-state index is 0.216. The van der Waals surface area contributed by atoms with Gasteiger partial charge >= 0.3 is 11.8 Å². The lowest BCUT2D eigenvalue weighted by molar-refractivity contribution is -0.136. The van der Waals surface area contributed by atoms with Crippen molar-refractivity contribution < 1.29 is 14.4 Å². The summed E-state index contributed by atoms with van der Waals surface area (Å²) in [5.41, 5.74) is 3.99. The van der Waals surface area contributed by atoms with Gasteiger partial charge < -0.3 is 10.6 Å². The Kier molecular flexibility index (Phi) is 6.46. The van der Waals surface area contributed by atoms with Gasteiger partial charge in [0.15, 0.2) is 0 Å². The van der Waals surface area contributed by atoms with Crippen molar-refractivity contribution in [1.29, 1.82) is 0 Å². The summed E-state index contributed by atoms with van der Waals surface area (Å²) in [6.07, 6.45) is 1.42. The standard InChI is InChI=1S/C22H18N4O3/c27-20(24-17-11-5-2-6-12-17)18-13-7-8-14-19(18)25-21(28)22(29)26-23-15-16-9-3-1-4-10-16/h1-15H,(H,24,27)(H,25,28)(H,26,29)/b23-15-. The lowest BCUT2D eigenvalue weighted by Gasteiger charge is -2.11. The lowest BCUT2D eigenvalue weighted by Crippen LogP contribution is -2.33. The zero-order valence-corrected chi connectivity index (χ0v) is 15.3. The molecule has 0 bridgehead atoms. The van der Waals surface area contributed by atoms with E-state index in [1.54, 1.807) is 60.7 Å². The number of benzene rings is 3. The molecule has 29 heavy (non-hydrogen) atoms. The van der Waals surface area contributed by atoms with Crippen LogP contribution in [0, 0.1) is 0 Å². The summed E-state index contributed by atoms with van der Waals surface area (Å²) in [4.78, 5) is 36.7. The van der Waals surface area contributed by atoms with Crippen LogP contribution in [0.1, 0.15) is 15.9 Å². The number of amides is 3. The molecule has 0 saturated carbocycles. The Morgan fingerprint density at radius 3 is 2.03 bits per heavy atom. The van der Waals surface area contributed by atoms with Gasteiger partial charge in [-0.1, -0.05) is 60.7 Å². The summed E-state index contributed by atoms with van der Waals surface area (Å²) in [6, 6.07) is 24.5. The second-order valence-corrected chi connectivity index (χ2v) is 5.93. The van der Waals surface area contributed by atoms with E-state index in [-0.39, 0.29) is 11.3 Å². The maximum absolute atomic E-state index is 12.5. The minimum atomic E-state index is -0.949. The molecule has 7 nitrogen and oxygen atoms in total. The van der Waals surface area contributed by atoms with Crippen LogP contribution in [0.3, 0.4) is 0 Å². The van der Waals surface area contributed by atoms with Gasteiger partial charge in [-0.05, 0) is 29.8 Å². The highest BCUT2D eigenvalue weighted by Gasteiger charge is 2.17. The van der Waals surface area contributed by atoms with Crippen molar-refractivity contribution in [3.63, 3.8) is 0 Å². The quantitative estimate of drug-likeness (QED) is 0.357. The molecule has 3 amide bonds. The maximum Gasteiger partial charge on any atom is 0.329 e. The first kappa shape index (κ1) is 19.5. The minimum Gasteiger partial charge on any atom is -0.322 e. The molecule has 0 unspecified atom stereocenters. The second kappa shape index (κ2) is 9.61. The Morgan fingerprint density at radius 1 is 0.690 bits per heavy atom. The predicted octanol–water partition coefficient (Wildman–Crippen LogP) is 3.03. The zero-order valence-electron chi connectivity index (χ0n) is 15.3. The third-order valence-corrected chi connectivity index (χ3v) is 3.84. The van der Waals surface area contributed by atoms with Gasteiger partial charge in [-0.25, -0.2) is 5.43 Å². The van der Waals surface area contributed by atoms with Crippen LogP contribution < -0.4 is 16.1 Å². The van der Waals surface area contributed by atoms with E-state index >= 15 is 0 Å². The highest BCUT2D eigenvalue weighted by Crippen LogP contribution is 2.17. The van der Waals surface area contributed by atoms with Gasteiger partial charge in [-0.3, -0.25) is 14.4 Å². The van der Waals surface area contributed by atoms with E-state index in [2.05, 4.69) is 21.2 Å². The van der Waals surface area contributed by atoms with Crippen LogP contribution in [0.25, 0.3) is 0 Å². The van der Waals surface area contributed by atoms with Crippen molar-refractivity contribution in [2.24, 2.45) is 5.10 Å². The van der Waals surface area contributed by atoms with Crippen LogP contribution in [-0.2, 0) is 9.59 Å². The number of hydrazone groups is 1. The number of nitrogens with zero attached hydrogens (tertiary/aromatic N) is 1. The average Bonchev–Trinajstić information content (AvgIpc) is 2.75. The van der Waals surface area contributed by atoms with Gasteiger partial charge in [0.25, 0.3) is 5.91 Å². The number of nitrogens with one attached hydrogen (secondary N) is 3. The van der Waals surface area contributed by atoms with Crippen LogP contribution in [-0.4, -0.2) is 23.9 Å².